The number of benzene rings is 2. The lowest BCUT2D eigenvalue weighted by molar-refractivity contribution is -0.141. The van der Waals surface area contributed by atoms with Gasteiger partial charge in [-0.15, -0.1) is 0 Å². The maximum Gasteiger partial charge on any atom is 0.307 e. The van der Waals surface area contributed by atoms with Crippen molar-refractivity contribution in [3.8, 4) is 17.0 Å². The van der Waals surface area contributed by atoms with Crippen molar-refractivity contribution < 1.29 is 14.6 Å². The van der Waals surface area contributed by atoms with Gasteiger partial charge in [0.2, 0.25) is 0 Å². The third-order valence-corrected chi connectivity index (χ3v) is 5.84. The average molecular weight is 437 g/mol. The second-order valence-corrected chi connectivity index (χ2v) is 8.35. The van der Waals surface area contributed by atoms with Crippen LogP contribution in [0.25, 0.3) is 11.3 Å². The number of hydrogen-bond acceptors (Lipinski definition) is 4. The molecule has 5 nitrogen and oxygen atoms in total. The monoisotopic (exact) mass is 436 g/mol. The number of nitrogens with zero attached hydrogens (tertiary/aromatic N) is 2. The molecule has 160 valence electrons. The highest BCUT2D eigenvalue weighted by atomic mass is 35.5. The number of carboxylic acid groups (broad SMARTS) is 1. The van der Waals surface area contributed by atoms with Gasteiger partial charge in [-0.05, 0) is 35.4 Å². The zero-order valence-corrected chi connectivity index (χ0v) is 18.2. The zero-order valence-electron chi connectivity index (χ0n) is 17.4. The molecule has 0 saturated heterocycles. The molecule has 0 radical (unpaired) electrons. The first-order valence-corrected chi connectivity index (χ1v) is 10.8. The molecule has 3 aromatic rings. The van der Waals surface area contributed by atoms with E-state index in [1.807, 2.05) is 54.6 Å². The normalized spacial score (nSPS) is 14.6. The molecule has 1 unspecified atom stereocenters. The van der Waals surface area contributed by atoms with Crippen LogP contribution in [0.1, 0.15) is 23.7 Å². The number of rotatable bonds is 7. The van der Waals surface area contributed by atoms with Crippen LogP contribution in [0.4, 0.5) is 0 Å². The summed E-state index contributed by atoms with van der Waals surface area (Å²) in [6, 6.07) is 19.8. The van der Waals surface area contributed by atoms with Gasteiger partial charge >= 0.3 is 5.97 Å². The van der Waals surface area contributed by atoms with Crippen molar-refractivity contribution in [2.75, 3.05) is 13.1 Å². The molecule has 4 rings (SSSR count). The second-order valence-electron chi connectivity index (χ2n) is 7.95. The SMILES string of the molecule is CC(CN1CCc2nc(-c3ccc(OCc4ccccc4)c(Cl)c3)ccc2C1)C(=O)O. The van der Waals surface area contributed by atoms with Crippen molar-refractivity contribution in [3.63, 3.8) is 0 Å². The van der Waals surface area contributed by atoms with E-state index in [1.165, 1.54) is 0 Å². The molecule has 0 saturated carbocycles. The Morgan fingerprint density at radius 3 is 2.74 bits per heavy atom. The van der Waals surface area contributed by atoms with Crippen LogP contribution in [0.5, 0.6) is 5.75 Å². The number of aromatic nitrogens is 1. The van der Waals surface area contributed by atoms with Crippen LogP contribution in [-0.4, -0.2) is 34.0 Å². The van der Waals surface area contributed by atoms with Crippen LogP contribution in [-0.2, 0) is 24.4 Å². The molecule has 0 aliphatic carbocycles. The van der Waals surface area contributed by atoms with Crippen molar-refractivity contribution in [1.82, 2.24) is 9.88 Å². The average Bonchev–Trinajstić information content (AvgIpc) is 2.78. The quantitative estimate of drug-likeness (QED) is 0.560. The Balaban J connectivity index is 1.44. The summed E-state index contributed by atoms with van der Waals surface area (Å²) in [7, 11) is 0. The molecule has 0 amide bonds. The lowest BCUT2D eigenvalue weighted by Gasteiger charge is -2.29. The summed E-state index contributed by atoms with van der Waals surface area (Å²) in [4.78, 5) is 18.2. The lowest BCUT2D eigenvalue weighted by Crippen LogP contribution is -2.36. The molecule has 2 heterocycles. The summed E-state index contributed by atoms with van der Waals surface area (Å²) in [5.41, 5.74) is 5.13. The maximum absolute atomic E-state index is 11.1. The number of hydrogen-bond donors (Lipinski definition) is 1. The highest BCUT2D eigenvalue weighted by Gasteiger charge is 2.22. The topological polar surface area (TPSA) is 62.7 Å². The molecule has 2 aromatic carbocycles. The number of carbonyl (C=O) groups is 1. The van der Waals surface area contributed by atoms with Gasteiger partial charge in [-0.3, -0.25) is 14.7 Å². The fourth-order valence-corrected chi connectivity index (χ4v) is 4.00. The molecule has 0 fully saturated rings. The molecular formula is C25H25ClN2O3. The molecule has 6 heteroatoms. The number of aliphatic carboxylic acids is 1. The minimum Gasteiger partial charge on any atom is -0.487 e. The van der Waals surface area contributed by atoms with Gasteiger partial charge in [0.05, 0.1) is 16.6 Å². The summed E-state index contributed by atoms with van der Waals surface area (Å²) >= 11 is 6.47. The van der Waals surface area contributed by atoms with Gasteiger partial charge in [0.15, 0.2) is 0 Å². The van der Waals surface area contributed by atoms with E-state index in [-0.39, 0.29) is 5.92 Å². The van der Waals surface area contributed by atoms with Crippen LogP contribution in [0.2, 0.25) is 5.02 Å². The number of carboxylic acids is 1. The van der Waals surface area contributed by atoms with E-state index in [0.717, 1.165) is 47.6 Å². The third kappa shape index (κ3) is 5.24. The van der Waals surface area contributed by atoms with Crippen LogP contribution in [0.3, 0.4) is 0 Å². The van der Waals surface area contributed by atoms with Crippen molar-refractivity contribution in [3.05, 3.63) is 82.5 Å². The third-order valence-electron chi connectivity index (χ3n) is 5.55. The van der Waals surface area contributed by atoms with E-state index >= 15 is 0 Å². The summed E-state index contributed by atoms with van der Waals surface area (Å²) in [5, 5.41) is 9.70. The Kier molecular flexibility index (Phi) is 6.54. The fraction of sp³-hybridized carbons (Fsp3) is 0.280. The highest BCUT2D eigenvalue weighted by molar-refractivity contribution is 6.32. The Labute approximate surface area is 187 Å². The Bertz CT molecular complexity index is 1070. The first-order valence-electron chi connectivity index (χ1n) is 10.4. The van der Waals surface area contributed by atoms with Crippen LogP contribution in [0.15, 0.2) is 60.7 Å². The van der Waals surface area contributed by atoms with E-state index in [9.17, 15) is 4.79 Å². The van der Waals surface area contributed by atoms with Crippen molar-refractivity contribution >= 4 is 17.6 Å². The van der Waals surface area contributed by atoms with Gasteiger partial charge in [-0.2, -0.15) is 0 Å². The summed E-state index contributed by atoms with van der Waals surface area (Å²) in [5.74, 6) is -0.485. The van der Waals surface area contributed by atoms with Crippen LogP contribution < -0.4 is 4.74 Å². The number of ether oxygens (including phenoxy) is 1. The minimum absolute atomic E-state index is 0.376. The smallest absolute Gasteiger partial charge is 0.307 e. The highest BCUT2D eigenvalue weighted by Crippen LogP contribution is 2.31. The van der Waals surface area contributed by atoms with Gasteiger partial charge in [0.25, 0.3) is 0 Å². The maximum atomic E-state index is 11.1. The Hall–Kier alpha value is -2.89. The van der Waals surface area contributed by atoms with E-state index < -0.39 is 5.97 Å². The van der Waals surface area contributed by atoms with Gasteiger partial charge in [0, 0.05) is 37.3 Å². The van der Waals surface area contributed by atoms with E-state index in [0.29, 0.717) is 23.9 Å². The number of fused-ring (bicyclic) bond motifs is 1. The van der Waals surface area contributed by atoms with Crippen molar-refractivity contribution in [1.29, 1.82) is 0 Å². The fourth-order valence-electron chi connectivity index (χ4n) is 3.77. The molecule has 1 aromatic heterocycles. The lowest BCUT2D eigenvalue weighted by atomic mass is 10.0. The van der Waals surface area contributed by atoms with Gasteiger partial charge in [0.1, 0.15) is 12.4 Å². The molecule has 1 aliphatic rings. The van der Waals surface area contributed by atoms with Gasteiger partial charge in [-0.1, -0.05) is 54.9 Å². The van der Waals surface area contributed by atoms with Crippen LogP contribution in [0, 0.1) is 5.92 Å². The summed E-state index contributed by atoms with van der Waals surface area (Å²) < 4.78 is 5.86. The van der Waals surface area contributed by atoms with Crippen LogP contribution >= 0.6 is 11.6 Å². The number of pyridine rings is 1. The van der Waals surface area contributed by atoms with E-state index in [4.69, 9.17) is 26.4 Å². The minimum atomic E-state index is -0.757. The molecule has 0 bridgehead atoms. The second kappa shape index (κ2) is 9.50. The first kappa shape index (κ1) is 21.3. The Morgan fingerprint density at radius 2 is 2.00 bits per heavy atom. The first-order chi connectivity index (χ1) is 15.0. The summed E-state index contributed by atoms with van der Waals surface area (Å²) in [6.45, 7) is 4.31. The van der Waals surface area contributed by atoms with Gasteiger partial charge < -0.3 is 9.84 Å². The number of halogens is 1. The predicted octanol–water partition coefficient (Wildman–Crippen LogP) is 5.06. The molecule has 31 heavy (non-hydrogen) atoms. The largest absolute Gasteiger partial charge is 0.487 e. The van der Waals surface area contributed by atoms with E-state index in [2.05, 4.69) is 11.0 Å². The standard InChI is InChI=1S/C25H25ClN2O3/c1-17(25(29)30)14-28-12-11-23-20(15-28)7-9-22(27-23)19-8-10-24(21(26)13-19)31-16-18-5-3-2-4-6-18/h2-10,13,17H,11-12,14-16H2,1H3,(H,29,30). The summed E-state index contributed by atoms with van der Waals surface area (Å²) in [6.07, 6.45) is 0.807. The molecule has 1 N–H and O–H groups in total. The van der Waals surface area contributed by atoms with Gasteiger partial charge in [-0.25, -0.2) is 0 Å². The van der Waals surface area contributed by atoms with Crippen molar-refractivity contribution in [2.24, 2.45) is 5.92 Å². The predicted molar refractivity (Wildman–Crippen MR) is 121 cm³/mol. The van der Waals surface area contributed by atoms with Crippen molar-refractivity contribution in [2.45, 2.75) is 26.5 Å². The zero-order chi connectivity index (χ0) is 21.8. The van der Waals surface area contributed by atoms with E-state index in [1.54, 1.807) is 6.92 Å². The molecule has 1 atom stereocenters. The molecule has 1 aliphatic heterocycles. The molecular weight excluding hydrogens is 412 g/mol. The Morgan fingerprint density at radius 1 is 1.19 bits per heavy atom. The molecule has 0 spiro atoms.